The van der Waals surface area contributed by atoms with Gasteiger partial charge in [0.2, 0.25) is 10.0 Å². The van der Waals surface area contributed by atoms with Gasteiger partial charge in [-0.2, -0.15) is 4.31 Å². The molecule has 0 saturated carbocycles. The Morgan fingerprint density at radius 3 is 2.48 bits per heavy atom. The third-order valence-corrected chi connectivity index (χ3v) is 5.78. The predicted molar refractivity (Wildman–Crippen MR) is 79.2 cm³/mol. The largest absolute Gasteiger partial charge is 0.311 e. The second-order valence-electron chi connectivity index (χ2n) is 5.13. The average molecular weight is 341 g/mol. The Hall–Kier alpha value is -0.760. The molecular weight excluding hydrogens is 322 g/mol. The van der Waals surface area contributed by atoms with Crippen LogP contribution in [0.2, 0.25) is 0 Å². The molecule has 2 rings (SSSR count). The number of aryl methyl sites for hydroxylation is 1. The SMILES string of the molecule is Cc1cc(S(=O)(=O)N2CCNC(C)C2C)c(F)cc1F.Cl. The van der Waals surface area contributed by atoms with Crippen molar-refractivity contribution in [1.29, 1.82) is 0 Å². The summed E-state index contributed by atoms with van der Waals surface area (Å²) in [5.41, 5.74) is 0.112. The Labute approximate surface area is 130 Å². The number of benzene rings is 1. The summed E-state index contributed by atoms with van der Waals surface area (Å²) in [4.78, 5) is -0.461. The van der Waals surface area contributed by atoms with E-state index in [9.17, 15) is 17.2 Å². The minimum absolute atomic E-state index is 0. The predicted octanol–water partition coefficient (Wildman–Crippen LogP) is 2.07. The molecule has 8 heteroatoms. The van der Waals surface area contributed by atoms with E-state index in [1.54, 1.807) is 6.92 Å². The number of nitrogens with zero attached hydrogens (tertiary/aromatic N) is 1. The van der Waals surface area contributed by atoms with Crippen LogP contribution in [0.15, 0.2) is 17.0 Å². The van der Waals surface area contributed by atoms with Crippen molar-refractivity contribution >= 4 is 22.4 Å². The van der Waals surface area contributed by atoms with E-state index < -0.39 is 26.6 Å². The van der Waals surface area contributed by atoms with E-state index in [0.29, 0.717) is 12.6 Å². The van der Waals surface area contributed by atoms with Crippen LogP contribution in [0.1, 0.15) is 19.4 Å². The minimum atomic E-state index is -3.96. The average Bonchev–Trinajstić information content (AvgIpc) is 2.36. The molecule has 0 aliphatic carbocycles. The van der Waals surface area contributed by atoms with Gasteiger partial charge in [0.15, 0.2) is 0 Å². The molecule has 2 atom stereocenters. The zero-order chi connectivity index (χ0) is 15.1. The summed E-state index contributed by atoms with van der Waals surface area (Å²) >= 11 is 0. The lowest BCUT2D eigenvalue weighted by Gasteiger charge is -2.37. The monoisotopic (exact) mass is 340 g/mol. The van der Waals surface area contributed by atoms with Crippen LogP contribution in [0.5, 0.6) is 0 Å². The van der Waals surface area contributed by atoms with Gasteiger partial charge in [-0.1, -0.05) is 0 Å². The van der Waals surface area contributed by atoms with E-state index in [-0.39, 0.29) is 36.6 Å². The van der Waals surface area contributed by atoms with Crippen LogP contribution >= 0.6 is 12.4 Å². The van der Waals surface area contributed by atoms with Crippen molar-refractivity contribution in [2.75, 3.05) is 13.1 Å². The van der Waals surface area contributed by atoms with Crippen LogP contribution in [0.3, 0.4) is 0 Å². The van der Waals surface area contributed by atoms with Crippen LogP contribution in [0.25, 0.3) is 0 Å². The van der Waals surface area contributed by atoms with E-state index >= 15 is 0 Å². The summed E-state index contributed by atoms with van der Waals surface area (Å²) in [5, 5.41) is 3.16. The van der Waals surface area contributed by atoms with Gasteiger partial charge in [0.05, 0.1) is 0 Å². The van der Waals surface area contributed by atoms with Crippen molar-refractivity contribution in [3.63, 3.8) is 0 Å². The molecule has 2 unspecified atom stereocenters. The summed E-state index contributed by atoms with van der Waals surface area (Å²) in [6.07, 6.45) is 0. The third-order valence-electron chi connectivity index (χ3n) is 3.78. The van der Waals surface area contributed by atoms with E-state index in [1.165, 1.54) is 11.2 Å². The van der Waals surface area contributed by atoms with Crippen LogP contribution in [0.4, 0.5) is 8.78 Å². The van der Waals surface area contributed by atoms with E-state index in [4.69, 9.17) is 0 Å². The number of rotatable bonds is 2. The molecular formula is C13H19ClF2N2O2S. The fraction of sp³-hybridized carbons (Fsp3) is 0.538. The highest BCUT2D eigenvalue weighted by Gasteiger charge is 2.36. The maximum atomic E-state index is 13.8. The van der Waals surface area contributed by atoms with Gasteiger partial charge in [-0.15, -0.1) is 12.4 Å². The van der Waals surface area contributed by atoms with Crippen molar-refractivity contribution in [2.24, 2.45) is 0 Å². The Morgan fingerprint density at radius 2 is 1.86 bits per heavy atom. The molecule has 0 bridgehead atoms. The van der Waals surface area contributed by atoms with Crippen LogP contribution in [-0.2, 0) is 10.0 Å². The third kappa shape index (κ3) is 3.36. The Morgan fingerprint density at radius 1 is 1.24 bits per heavy atom. The standard InChI is InChI=1S/C13H18F2N2O2S.ClH/c1-8-6-13(12(15)7-11(8)14)20(18,19)17-5-4-16-9(2)10(17)3;/h6-7,9-10,16H,4-5H2,1-3H3;1H. The van der Waals surface area contributed by atoms with E-state index in [0.717, 1.165) is 6.07 Å². The van der Waals surface area contributed by atoms with Crippen LogP contribution < -0.4 is 5.32 Å². The quantitative estimate of drug-likeness (QED) is 0.896. The van der Waals surface area contributed by atoms with E-state index in [1.807, 2.05) is 6.92 Å². The van der Waals surface area contributed by atoms with Gasteiger partial charge >= 0.3 is 0 Å². The molecule has 21 heavy (non-hydrogen) atoms. The summed E-state index contributed by atoms with van der Waals surface area (Å²) in [6.45, 7) is 5.83. The topological polar surface area (TPSA) is 49.4 Å². The summed E-state index contributed by atoms with van der Waals surface area (Å²) in [5.74, 6) is -1.80. The first-order valence-electron chi connectivity index (χ1n) is 6.46. The zero-order valence-electron chi connectivity index (χ0n) is 12.1. The second-order valence-corrected chi connectivity index (χ2v) is 6.99. The first-order valence-corrected chi connectivity index (χ1v) is 7.90. The molecule has 1 aromatic carbocycles. The van der Waals surface area contributed by atoms with Gasteiger partial charge in [-0.05, 0) is 32.4 Å². The summed E-state index contributed by atoms with van der Waals surface area (Å²) < 4.78 is 53.5. The van der Waals surface area contributed by atoms with Crippen molar-refractivity contribution < 1.29 is 17.2 Å². The Bertz CT molecular complexity index is 625. The van der Waals surface area contributed by atoms with Crippen molar-refractivity contribution in [2.45, 2.75) is 37.8 Å². The lowest BCUT2D eigenvalue weighted by Crippen LogP contribution is -2.57. The fourth-order valence-electron chi connectivity index (χ4n) is 2.32. The fourth-order valence-corrected chi connectivity index (χ4v) is 4.16. The normalized spacial score (nSPS) is 23.7. The molecule has 1 N–H and O–H groups in total. The highest BCUT2D eigenvalue weighted by atomic mass is 35.5. The van der Waals surface area contributed by atoms with Crippen LogP contribution in [0, 0.1) is 18.6 Å². The number of hydrogen-bond donors (Lipinski definition) is 1. The molecule has 1 fully saturated rings. The smallest absolute Gasteiger partial charge is 0.246 e. The van der Waals surface area contributed by atoms with Crippen molar-refractivity contribution in [3.8, 4) is 0 Å². The maximum absolute atomic E-state index is 13.8. The van der Waals surface area contributed by atoms with Gasteiger partial charge in [0, 0.05) is 31.2 Å². The van der Waals surface area contributed by atoms with Crippen molar-refractivity contribution in [3.05, 3.63) is 29.3 Å². The number of halogens is 3. The molecule has 1 aliphatic heterocycles. The highest BCUT2D eigenvalue weighted by molar-refractivity contribution is 7.89. The van der Waals surface area contributed by atoms with Crippen LogP contribution in [-0.4, -0.2) is 37.9 Å². The minimum Gasteiger partial charge on any atom is -0.311 e. The molecule has 1 aromatic rings. The maximum Gasteiger partial charge on any atom is 0.246 e. The molecule has 1 saturated heterocycles. The first-order chi connectivity index (χ1) is 9.25. The van der Waals surface area contributed by atoms with E-state index in [2.05, 4.69) is 5.32 Å². The van der Waals surface area contributed by atoms with Crippen molar-refractivity contribution in [1.82, 2.24) is 9.62 Å². The molecule has 1 heterocycles. The highest BCUT2D eigenvalue weighted by Crippen LogP contribution is 2.25. The number of nitrogens with one attached hydrogen (secondary N) is 1. The Balaban J connectivity index is 0.00000220. The van der Waals surface area contributed by atoms with Gasteiger partial charge in [0.25, 0.3) is 0 Å². The number of piperazine rings is 1. The van der Waals surface area contributed by atoms with Gasteiger partial charge in [-0.25, -0.2) is 17.2 Å². The number of hydrogen-bond acceptors (Lipinski definition) is 3. The van der Waals surface area contributed by atoms with Gasteiger partial charge in [0.1, 0.15) is 16.5 Å². The molecule has 120 valence electrons. The lowest BCUT2D eigenvalue weighted by molar-refractivity contribution is 0.232. The second kappa shape index (κ2) is 6.56. The molecule has 1 aliphatic rings. The summed E-state index contributed by atoms with van der Waals surface area (Å²) in [7, 11) is -3.96. The molecule has 0 amide bonds. The molecule has 0 aromatic heterocycles. The molecule has 0 radical (unpaired) electrons. The molecule has 4 nitrogen and oxygen atoms in total. The summed E-state index contributed by atoms with van der Waals surface area (Å²) in [6, 6.07) is 1.36. The van der Waals surface area contributed by atoms with Gasteiger partial charge in [-0.3, -0.25) is 0 Å². The lowest BCUT2D eigenvalue weighted by atomic mass is 10.1. The Kier molecular flexibility index (Phi) is 5.71. The van der Waals surface area contributed by atoms with Gasteiger partial charge < -0.3 is 5.32 Å². The first kappa shape index (κ1) is 18.3. The molecule has 0 spiro atoms. The zero-order valence-corrected chi connectivity index (χ0v) is 13.7. The number of sulfonamides is 1.